The highest BCUT2D eigenvalue weighted by atomic mass is 32.1. The van der Waals surface area contributed by atoms with Crippen LogP contribution in [0.15, 0.2) is 23.6 Å². The molecule has 0 fully saturated rings. The van der Waals surface area contributed by atoms with Crippen molar-refractivity contribution in [1.82, 2.24) is 14.9 Å². The van der Waals surface area contributed by atoms with Gasteiger partial charge in [-0.3, -0.25) is 4.79 Å². The number of benzene rings is 1. The summed E-state index contributed by atoms with van der Waals surface area (Å²) in [7, 11) is 1.64. The molecule has 2 heterocycles. The molecule has 0 aliphatic heterocycles. The fourth-order valence-electron chi connectivity index (χ4n) is 3.18. The SMILES string of the molecule is CCn1c(C)c(C(=O)N[C@@H](C)c2nc(C)cs2)c2cc(OC)ccc21. The Morgan fingerprint density at radius 1 is 1.40 bits per heavy atom. The maximum atomic E-state index is 13.0. The number of hydrogen-bond donors (Lipinski definition) is 1. The van der Waals surface area contributed by atoms with Crippen LogP contribution >= 0.6 is 11.3 Å². The molecule has 1 N–H and O–H groups in total. The molecular formula is C19H23N3O2S. The number of aryl methyl sites for hydroxylation is 2. The molecule has 25 heavy (non-hydrogen) atoms. The van der Waals surface area contributed by atoms with Gasteiger partial charge in [0.05, 0.1) is 18.7 Å². The van der Waals surface area contributed by atoms with Crippen LogP contribution in [0.5, 0.6) is 5.75 Å². The van der Waals surface area contributed by atoms with E-state index in [0.29, 0.717) is 5.56 Å². The van der Waals surface area contributed by atoms with Crippen LogP contribution in [0.1, 0.15) is 46.6 Å². The second-order valence-electron chi connectivity index (χ2n) is 6.11. The molecule has 2 aromatic heterocycles. The van der Waals surface area contributed by atoms with Crippen molar-refractivity contribution in [2.45, 2.75) is 40.3 Å². The standard InChI is InChI=1S/C19H23N3O2S/c1-6-22-13(4)17(15-9-14(24-5)7-8-16(15)22)18(23)21-12(3)19-20-11(2)10-25-19/h7-10,12H,6H2,1-5H3,(H,21,23)/t12-/m0/s1. The Balaban J connectivity index is 2.01. The Labute approximate surface area is 151 Å². The molecule has 0 aliphatic carbocycles. The molecule has 0 bridgehead atoms. The number of carbonyl (C=O) groups is 1. The van der Waals surface area contributed by atoms with E-state index in [2.05, 4.69) is 21.8 Å². The van der Waals surface area contributed by atoms with Crippen molar-refractivity contribution in [1.29, 1.82) is 0 Å². The van der Waals surface area contributed by atoms with Crippen LogP contribution in [0.25, 0.3) is 10.9 Å². The van der Waals surface area contributed by atoms with E-state index >= 15 is 0 Å². The fraction of sp³-hybridized carbons (Fsp3) is 0.368. The van der Waals surface area contributed by atoms with Crippen LogP contribution in [-0.2, 0) is 6.54 Å². The molecule has 0 saturated carbocycles. The fourth-order valence-corrected chi connectivity index (χ4v) is 3.99. The summed E-state index contributed by atoms with van der Waals surface area (Å²) in [5, 5.41) is 6.92. The van der Waals surface area contributed by atoms with Crippen molar-refractivity contribution in [3.63, 3.8) is 0 Å². The van der Waals surface area contributed by atoms with Crippen LogP contribution < -0.4 is 10.1 Å². The first-order chi connectivity index (χ1) is 12.0. The maximum Gasteiger partial charge on any atom is 0.254 e. The Bertz CT molecular complexity index is 926. The number of rotatable bonds is 5. The molecule has 132 valence electrons. The van der Waals surface area contributed by atoms with E-state index in [1.807, 2.05) is 44.4 Å². The molecular weight excluding hydrogens is 334 g/mol. The van der Waals surface area contributed by atoms with Gasteiger partial charge in [-0.05, 0) is 45.9 Å². The van der Waals surface area contributed by atoms with Gasteiger partial charge >= 0.3 is 0 Å². The number of nitrogens with zero attached hydrogens (tertiary/aromatic N) is 2. The second-order valence-corrected chi connectivity index (χ2v) is 7.00. The van der Waals surface area contributed by atoms with Gasteiger partial charge in [0.1, 0.15) is 10.8 Å². The van der Waals surface area contributed by atoms with Crippen LogP contribution in [0.3, 0.4) is 0 Å². The van der Waals surface area contributed by atoms with Crippen molar-refractivity contribution >= 4 is 28.1 Å². The summed E-state index contributed by atoms with van der Waals surface area (Å²) in [6.07, 6.45) is 0. The summed E-state index contributed by atoms with van der Waals surface area (Å²) < 4.78 is 7.50. The van der Waals surface area contributed by atoms with Crippen molar-refractivity contribution < 1.29 is 9.53 Å². The van der Waals surface area contributed by atoms with Gasteiger partial charge in [-0.25, -0.2) is 4.98 Å². The minimum atomic E-state index is -0.128. The van der Waals surface area contributed by atoms with Crippen LogP contribution in [0, 0.1) is 13.8 Å². The molecule has 1 aromatic carbocycles. The van der Waals surface area contributed by atoms with Gasteiger partial charge < -0.3 is 14.6 Å². The Morgan fingerprint density at radius 2 is 2.16 bits per heavy atom. The van der Waals surface area contributed by atoms with Gasteiger partial charge in [-0.2, -0.15) is 0 Å². The summed E-state index contributed by atoms with van der Waals surface area (Å²) in [5.41, 5.74) is 3.69. The first-order valence-electron chi connectivity index (χ1n) is 8.36. The molecule has 3 aromatic rings. The van der Waals surface area contributed by atoms with E-state index in [1.54, 1.807) is 18.4 Å². The summed E-state index contributed by atoms with van der Waals surface area (Å²) in [4.78, 5) is 17.5. The van der Waals surface area contributed by atoms with Gasteiger partial charge in [-0.15, -0.1) is 11.3 Å². The molecule has 0 unspecified atom stereocenters. The molecule has 3 rings (SSSR count). The van der Waals surface area contributed by atoms with Crippen molar-refractivity contribution in [3.8, 4) is 5.75 Å². The Kier molecular flexibility index (Phi) is 4.81. The largest absolute Gasteiger partial charge is 0.497 e. The molecule has 0 aliphatic rings. The lowest BCUT2D eigenvalue weighted by Gasteiger charge is -2.12. The van der Waals surface area contributed by atoms with Crippen molar-refractivity contribution in [2.75, 3.05) is 7.11 Å². The number of amides is 1. The molecule has 1 amide bonds. The van der Waals surface area contributed by atoms with E-state index < -0.39 is 0 Å². The summed E-state index contributed by atoms with van der Waals surface area (Å²) in [6, 6.07) is 5.74. The van der Waals surface area contributed by atoms with Crippen molar-refractivity contribution in [2.24, 2.45) is 0 Å². The minimum Gasteiger partial charge on any atom is -0.497 e. The van der Waals surface area contributed by atoms with E-state index in [9.17, 15) is 4.79 Å². The zero-order valence-electron chi connectivity index (χ0n) is 15.2. The predicted molar refractivity (Wildman–Crippen MR) is 102 cm³/mol. The first kappa shape index (κ1) is 17.5. The number of hydrogen-bond acceptors (Lipinski definition) is 4. The zero-order valence-corrected chi connectivity index (χ0v) is 16.0. The van der Waals surface area contributed by atoms with E-state index in [1.165, 1.54) is 0 Å². The topological polar surface area (TPSA) is 56.2 Å². The quantitative estimate of drug-likeness (QED) is 0.743. The van der Waals surface area contributed by atoms with Gasteiger partial charge in [-0.1, -0.05) is 0 Å². The van der Waals surface area contributed by atoms with Crippen molar-refractivity contribution in [3.05, 3.63) is 45.5 Å². The number of aromatic nitrogens is 2. The second kappa shape index (κ2) is 6.88. The van der Waals surface area contributed by atoms with Gasteiger partial charge in [0.15, 0.2) is 0 Å². The van der Waals surface area contributed by atoms with E-state index in [-0.39, 0.29) is 11.9 Å². The van der Waals surface area contributed by atoms with E-state index in [4.69, 9.17) is 4.74 Å². The average Bonchev–Trinajstić information content (AvgIpc) is 3.14. The summed E-state index contributed by atoms with van der Waals surface area (Å²) >= 11 is 1.57. The molecule has 0 radical (unpaired) electrons. The number of fused-ring (bicyclic) bond motifs is 1. The normalized spacial score (nSPS) is 12.4. The van der Waals surface area contributed by atoms with Crippen LogP contribution in [0.4, 0.5) is 0 Å². The smallest absolute Gasteiger partial charge is 0.254 e. The number of methoxy groups -OCH3 is 1. The van der Waals surface area contributed by atoms with E-state index in [0.717, 1.165) is 39.6 Å². The minimum absolute atomic E-state index is 0.0803. The number of carbonyl (C=O) groups excluding carboxylic acids is 1. The summed E-state index contributed by atoms with van der Waals surface area (Å²) in [6.45, 7) is 8.80. The third-order valence-electron chi connectivity index (χ3n) is 4.43. The molecule has 6 heteroatoms. The first-order valence-corrected chi connectivity index (χ1v) is 9.24. The third-order valence-corrected chi connectivity index (χ3v) is 5.57. The maximum absolute atomic E-state index is 13.0. The number of thiazole rings is 1. The lowest BCUT2D eigenvalue weighted by atomic mass is 10.1. The third kappa shape index (κ3) is 3.14. The highest BCUT2D eigenvalue weighted by Gasteiger charge is 2.22. The highest BCUT2D eigenvalue weighted by molar-refractivity contribution is 7.09. The van der Waals surface area contributed by atoms with Crippen LogP contribution in [-0.4, -0.2) is 22.6 Å². The van der Waals surface area contributed by atoms with Gasteiger partial charge in [0.2, 0.25) is 0 Å². The number of nitrogens with one attached hydrogen (secondary N) is 1. The lowest BCUT2D eigenvalue weighted by molar-refractivity contribution is 0.0940. The number of ether oxygens (including phenoxy) is 1. The molecule has 0 saturated heterocycles. The summed E-state index contributed by atoms with van der Waals surface area (Å²) in [5.74, 6) is 0.668. The lowest BCUT2D eigenvalue weighted by Crippen LogP contribution is -2.27. The Hall–Kier alpha value is -2.34. The monoisotopic (exact) mass is 357 g/mol. The Morgan fingerprint density at radius 3 is 2.76 bits per heavy atom. The van der Waals surface area contributed by atoms with Crippen LogP contribution in [0.2, 0.25) is 0 Å². The molecule has 5 nitrogen and oxygen atoms in total. The van der Waals surface area contributed by atoms with Gasteiger partial charge in [0, 0.05) is 34.2 Å². The average molecular weight is 357 g/mol. The predicted octanol–water partition coefficient (Wildman–Crippen LogP) is 4.23. The highest BCUT2D eigenvalue weighted by Crippen LogP contribution is 2.30. The van der Waals surface area contributed by atoms with Gasteiger partial charge in [0.25, 0.3) is 5.91 Å². The molecule has 1 atom stereocenters. The molecule has 0 spiro atoms. The zero-order chi connectivity index (χ0) is 18.1.